The van der Waals surface area contributed by atoms with Crippen molar-refractivity contribution in [2.75, 3.05) is 9.62 Å². The summed E-state index contributed by atoms with van der Waals surface area (Å²) in [4.78, 5) is 38.6. The van der Waals surface area contributed by atoms with Gasteiger partial charge in [0, 0.05) is 11.3 Å². The average Bonchev–Trinajstić information content (AvgIpc) is 3.34. The number of hydrogen-bond acceptors (Lipinski definition) is 6. The van der Waals surface area contributed by atoms with Crippen LogP contribution in [0.1, 0.15) is 16.7 Å². The first kappa shape index (κ1) is 28.0. The summed E-state index contributed by atoms with van der Waals surface area (Å²) in [5.41, 5.74) is -0.718. The van der Waals surface area contributed by atoms with E-state index in [-0.39, 0.29) is 43.9 Å². The molecule has 0 unspecified atom stereocenters. The fourth-order valence-electron chi connectivity index (χ4n) is 4.13. The van der Waals surface area contributed by atoms with Crippen LogP contribution in [0.3, 0.4) is 0 Å². The molecule has 5 rings (SSSR count). The molecule has 2 aliphatic heterocycles. The lowest BCUT2D eigenvalue weighted by atomic mass is 10.1. The summed E-state index contributed by atoms with van der Waals surface area (Å²) in [6.07, 6.45) is -4.69. The largest absolute Gasteiger partial charge is 0.416 e. The van der Waals surface area contributed by atoms with Crippen LogP contribution >= 0.6 is 35.0 Å². The number of benzene rings is 3. The molecule has 3 aromatic carbocycles. The predicted octanol–water partition coefficient (Wildman–Crippen LogP) is 6.05. The summed E-state index contributed by atoms with van der Waals surface area (Å²) in [6, 6.07) is 12.0. The van der Waals surface area contributed by atoms with Gasteiger partial charge in [0.25, 0.3) is 27.1 Å². The zero-order valence-corrected chi connectivity index (χ0v) is 22.8. The van der Waals surface area contributed by atoms with Gasteiger partial charge < -0.3 is 4.90 Å². The van der Waals surface area contributed by atoms with Gasteiger partial charge in [0.15, 0.2) is 0 Å². The number of fused-ring (bicyclic) bond motifs is 1. The number of thioether (sulfide) groups is 1. The third-order valence-electron chi connectivity index (χ3n) is 5.91. The summed E-state index contributed by atoms with van der Waals surface area (Å²) < 4.78 is 67.7. The van der Waals surface area contributed by atoms with Gasteiger partial charge in [-0.1, -0.05) is 35.3 Å². The monoisotopic (exact) mass is 627 g/mol. The van der Waals surface area contributed by atoms with E-state index in [0.29, 0.717) is 28.4 Å². The number of amides is 3. The van der Waals surface area contributed by atoms with Crippen LogP contribution in [-0.2, 0) is 32.3 Å². The number of alkyl halides is 3. The standard InChI is InChI=1S/C25H14Cl2F3N3O5S2/c26-17-6-4-12(8-18(17)27)11-33-19-7-5-15(10-16(19)20(23(33)35)21-22(34)31-24(36)39-21)40(37,38)32-14-3-1-2-13(9-14)25(28,29)30/h1-10,32H,11H2,(H,31,34,36). The van der Waals surface area contributed by atoms with Crippen molar-refractivity contribution in [2.24, 2.45) is 0 Å². The van der Waals surface area contributed by atoms with Crippen molar-refractivity contribution in [1.82, 2.24) is 5.32 Å². The van der Waals surface area contributed by atoms with Crippen molar-refractivity contribution >= 4 is 79.0 Å². The molecule has 2 N–H and O–H groups in total. The fourth-order valence-corrected chi connectivity index (χ4v) is 6.29. The van der Waals surface area contributed by atoms with Gasteiger partial charge >= 0.3 is 6.18 Å². The molecule has 2 heterocycles. The summed E-state index contributed by atoms with van der Waals surface area (Å²) in [6.45, 7) is -0.0334. The normalized spacial score (nSPS) is 17.3. The molecule has 0 radical (unpaired) electrons. The van der Waals surface area contributed by atoms with E-state index in [9.17, 15) is 36.0 Å². The highest BCUT2D eigenvalue weighted by Gasteiger charge is 2.41. The molecule has 1 fully saturated rings. The van der Waals surface area contributed by atoms with Gasteiger partial charge in [-0.05, 0) is 65.9 Å². The number of rotatable bonds is 5. The van der Waals surface area contributed by atoms with Crippen molar-refractivity contribution in [3.63, 3.8) is 0 Å². The van der Waals surface area contributed by atoms with E-state index >= 15 is 0 Å². The van der Waals surface area contributed by atoms with Gasteiger partial charge in [0.05, 0.1) is 43.2 Å². The summed E-state index contributed by atoms with van der Waals surface area (Å²) >= 11 is 12.6. The zero-order valence-electron chi connectivity index (χ0n) is 19.7. The topological polar surface area (TPSA) is 113 Å². The highest BCUT2D eigenvalue weighted by Crippen LogP contribution is 2.44. The second-order valence-electron chi connectivity index (χ2n) is 8.55. The van der Waals surface area contributed by atoms with Crippen molar-refractivity contribution < 1.29 is 36.0 Å². The zero-order chi connectivity index (χ0) is 29.0. The molecule has 3 amide bonds. The van der Waals surface area contributed by atoms with E-state index in [1.54, 1.807) is 12.1 Å². The molecule has 15 heteroatoms. The van der Waals surface area contributed by atoms with Crippen molar-refractivity contribution in [1.29, 1.82) is 0 Å². The van der Waals surface area contributed by atoms with Gasteiger partial charge in [-0.25, -0.2) is 8.42 Å². The van der Waals surface area contributed by atoms with Gasteiger partial charge in [-0.3, -0.25) is 24.4 Å². The van der Waals surface area contributed by atoms with Crippen LogP contribution in [0.4, 0.5) is 29.3 Å². The Morgan fingerprint density at radius 1 is 0.950 bits per heavy atom. The third-order valence-corrected chi connectivity index (χ3v) is 8.91. The molecule has 0 atom stereocenters. The number of sulfonamides is 1. The number of nitrogens with zero attached hydrogens (tertiary/aromatic N) is 1. The number of halogens is 5. The van der Waals surface area contributed by atoms with Crippen LogP contribution in [0.25, 0.3) is 5.57 Å². The van der Waals surface area contributed by atoms with Crippen molar-refractivity contribution in [3.8, 4) is 0 Å². The van der Waals surface area contributed by atoms with Crippen molar-refractivity contribution in [3.05, 3.63) is 92.3 Å². The maximum absolute atomic E-state index is 13.6. The molecule has 3 aromatic rings. The molecule has 0 bridgehead atoms. The second-order valence-corrected chi connectivity index (χ2v) is 12.0. The lowest BCUT2D eigenvalue weighted by molar-refractivity contribution is -0.137. The molecule has 8 nitrogen and oxygen atoms in total. The Morgan fingerprint density at radius 3 is 2.35 bits per heavy atom. The minimum atomic E-state index is -4.69. The molecule has 1 saturated heterocycles. The molecule has 0 spiro atoms. The third kappa shape index (κ3) is 5.29. The number of hydrogen-bond donors (Lipinski definition) is 2. The maximum atomic E-state index is 13.6. The first-order valence-electron chi connectivity index (χ1n) is 11.1. The Hall–Kier alpha value is -3.52. The van der Waals surface area contributed by atoms with Gasteiger partial charge in [-0.15, -0.1) is 0 Å². The van der Waals surface area contributed by atoms with Gasteiger partial charge in [0.1, 0.15) is 0 Å². The van der Waals surface area contributed by atoms with Crippen LogP contribution in [0.5, 0.6) is 0 Å². The Labute approximate surface area is 239 Å². The number of carbonyl (C=O) groups is 3. The molecule has 2 aliphatic rings. The molecule has 40 heavy (non-hydrogen) atoms. The smallest absolute Gasteiger partial charge is 0.303 e. The maximum Gasteiger partial charge on any atom is 0.416 e. The number of imide groups is 1. The lowest BCUT2D eigenvalue weighted by Gasteiger charge is -2.18. The van der Waals surface area contributed by atoms with E-state index in [0.717, 1.165) is 24.3 Å². The lowest BCUT2D eigenvalue weighted by Crippen LogP contribution is -2.26. The second kappa shape index (κ2) is 10.1. The molecule has 206 valence electrons. The molecule has 0 aromatic heterocycles. The van der Waals surface area contributed by atoms with Crippen LogP contribution in [0.15, 0.2) is 70.5 Å². The van der Waals surface area contributed by atoms with Crippen LogP contribution < -0.4 is 14.9 Å². The van der Waals surface area contributed by atoms with Gasteiger partial charge in [-0.2, -0.15) is 13.2 Å². The highest BCUT2D eigenvalue weighted by atomic mass is 35.5. The number of anilines is 2. The summed E-state index contributed by atoms with van der Waals surface area (Å²) in [7, 11) is -4.45. The van der Waals surface area contributed by atoms with Gasteiger partial charge in [0.2, 0.25) is 0 Å². The summed E-state index contributed by atoms with van der Waals surface area (Å²) in [5.74, 6) is -1.50. The quantitative estimate of drug-likeness (QED) is 0.333. The van der Waals surface area contributed by atoms with E-state index < -0.39 is 38.8 Å². The minimum absolute atomic E-state index is 0.0334. The number of nitrogens with one attached hydrogen (secondary N) is 2. The van der Waals surface area contributed by atoms with E-state index in [2.05, 4.69) is 10.0 Å². The first-order chi connectivity index (χ1) is 18.7. The Balaban J connectivity index is 1.58. The van der Waals surface area contributed by atoms with Crippen LogP contribution in [0.2, 0.25) is 10.0 Å². The average molecular weight is 628 g/mol. The molecular formula is C25H14Cl2F3N3O5S2. The summed E-state index contributed by atoms with van der Waals surface area (Å²) in [5, 5.41) is 1.89. The molecule has 0 aliphatic carbocycles. The van der Waals surface area contributed by atoms with Crippen LogP contribution in [-0.4, -0.2) is 25.5 Å². The van der Waals surface area contributed by atoms with E-state index in [1.807, 2.05) is 0 Å². The highest BCUT2D eigenvalue weighted by molar-refractivity contribution is 8.18. The minimum Gasteiger partial charge on any atom is -0.303 e. The van der Waals surface area contributed by atoms with E-state index in [4.69, 9.17) is 23.2 Å². The van der Waals surface area contributed by atoms with Crippen LogP contribution in [0, 0.1) is 0 Å². The number of carbonyl (C=O) groups excluding carboxylic acids is 3. The molecule has 0 saturated carbocycles. The molecular weight excluding hydrogens is 614 g/mol. The van der Waals surface area contributed by atoms with E-state index in [1.165, 1.54) is 23.1 Å². The predicted molar refractivity (Wildman–Crippen MR) is 144 cm³/mol. The Kier molecular flexibility index (Phi) is 7.11. The SMILES string of the molecule is O=C1NC(=O)C(=C2C(=O)N(Cc3ccc(Cl)c(Cl)c3)c3ccc(S(=O)(=O)Nc4cccc(C(F)(F)F)c4)cc32)S1. The van der Waals surface area contributed by atoms with Crippen molar-refractivity contribution in [2.45, 2.75) is 17.6 Å². The first-order valence-corrected chi connectivity index (χ1v) is 14.2. The Bertz CT molecular complexity index is 1760. The fraction of sp³-hybridized carbons (Fsp3) is 0.0800. The Morgan fingerprint density at radius 2 is 1.70 bits per heavy atom.